The van der Waals surface area contributed by atoms with Crippen molar-refractivity contribution < 1.29 is 9.59 Å². The summed E-state index contributed by atoms with van der Waals surface area (Å²) in [5, 5.41) is 2.92. The molecule has 4 heteroatoms. The van der Waals surface area contributed by atoms with Gasteiger partial charge in [-0.1, -0.05) is 56.8 Å². The maximum absolute atomic E-state index is 13.8. The van der Waals surface area contributed by atoms with Crippen LogP contribution in [-0.4, -0.2) is 35.3 Å². The number of nitrogens with zero attached hydrogens (tertiary/aromatic N) is 1. The Morgan fingerprint density at radius 2 is 1.41 bits per heavy atom. The number of nitrogens with one attached hydrogen (secondary N) is 1. The molecule has 2 saturated carbocycles. The van der Waals surface area contributed by atoms with E-state index in [1.807, 2.05) is 0 Å². The van der Waals surface area contributed by atoms with Crippen molar-refractivity contribution >= 4 is 11.8 Å². The molecule has 0 aliphatic heterocycles. The van der Waals surface area contributed by atoms with Crippen LogP contribution < -0.4 is 5.32 Å². The average Bonchev–Trinajstić information content (AvgIpc) is 2.73. The van der Waals surface area contributed by atoms with Crippen LogP contribution in [-0.2, 0) is 9.59 Å². The molecule has 0 unspecified atom stereocenters. The summed E-state index contributed by atoms with van der Waals surface area (Å²) in [7, 11) is 0. The number of allylic oxidation sites excluding steroid dienone is 2. The van der Waals surface area contributed by atoms with Crippen LogP contribution in [0.1, 0.15) is 77.0 Å². The van der Waals surface area contributed by atoms with Gasteiger partial charge in [-0.15, -0.1) is 6.58 Å². The summed E-state index contributed by atoms with van der Waals surface area (Å²) in [5.41, 5.74) is 0. The van der Waals surface area contributed by atoms with Gasteiger partial charge in [-0.3, -0.25) is 9.59 Å². The Morgan fingerprint density at radius 1 is 0.889 bits per heavy atom. The quantitative estimate of drug-likeness (QED) is 0.704. The van der Waals surface area contributed by atoms with Crippen molar-refractivity contribution in [3.8, 4) is 0 Å². The third-order valence-corrected chi connectivity index (χ3v) is 6.70. The van der Waals surface area contributed by atoms with E-state index in [1.165, 1.54) is 38.5 Å². The SMILES string of the molecule is C=CCNC(=O)[C@@H]1CC=CC[C@H]1C(=O)N(C1CCCCC1)C1CCCCC1. The van der Waals surface area contributed by atoms with Gasteiger partial charge in [-0.2, -0.15) is 0 Å². The molecule has 0 spiro atoms. The van der Waals surface area contributed by atoms with Gasteiger partial charge in [0.2, 0.25) is 11.8 Å². The Bertz CT molecular complexity index is 527. The fourth-order valence-corrected chi connectivity index (χ4v) is 5.25. The van der Waals surface area contributed by atoms with Crippen molar-refractivity contribution in [3.05, 3.63) is 24.8 Å². The summed E-state index contributed by atoms with van der Waals surface area (Å²) in [6.07, 6.45) is 19.3. The smallest absolute Gasteiger partial charge is 0.227 e. The molecular weight excluding hydrogens is 336 g/mol. The lowest BCUT2D eigenvalue weighted by molar-refractivity contribution is -0.147. The van der Waals surface area contributed by atoms with E-state index in [-0.39, 0.29) is 23.7 Å². The molecule has 3 aliphatic rings. The number of hydrogen-bond donors (Lipinski definition) is 1. The molecule has 0 aromatic rings. The van der Waals surface area contributed by atoms with Gasteiger partial charge in [0, 0.05) is 18.6 Å². The molecule has 3 aliphatic carbocycles. The Labute approximate surface area is 164 Å². The Kier molecular flexibility index (Phi) is 7.54. The van der Waals surface area contributed by atoms with E-state index in [0.29, 0.717) is 31.5 Å². The standard InChI is InChI=1S/C23H36N2O2/c1-2-17-24-22(26)20-15-9-10-16-21(20)23(27)25(18-11-5-3-6-12-18)19-13-7-4-8-14-19/h2,9-10,18-21H,1,3-8,11-17H2,(H,24,26)/t20-,21-/m1/s1. The van der Waals surface area contributed by atoms with Crippen LogP contribution in [0.25, 0.3) is 0 Å². The summed E-state index contributed by atoms with van der Waals surface area (Å²) in [4.78, 5) is 28.7. The van der Waals surface area contributed by atoms with Crippen LogP contribution in [0.4, 0.5) is 0 Å². The molecule has 1 N–H and O–H groups in total. The molecule has 0 bridgehead atoms. The van der Waals surface area contributed by atoms with Gasteiger partial charge in [0.05, 0.1) is 11.8 Å². The molecule has 4 nitrogen and oxygen atoms in total. The first kappa shape index (κ1) is 20.2. The maximum Gasteiger partial charge on any atom is 0.227 e. The van der Waals surface area contributed by atoms with Crippen LogP contribution in [0.3, 0.4) is 0 Å². The fourth-order valence-electron chi connectivity index (χ4n) is 5.25. The van der Waals surface area contributed by atoms with Crippen LogP contribution in [0.15, 0.2) is 24.8 Å². The van der Waals surface area contributed by atoms with E-state index < -0.39 is 0 Å². The lowest BCUT2D eigenvalue weighted by atomic mass is 9.79. The minimum Gasteiger partial charge on any atom is -0.352 e. The van der Waals surface area contributed by atoms with Crippen molar-refractivity contribution in [2.45, 2.75) is 89.1 Å². The Morgan fingerprint density at radius 3 is 1.93 bits per heavy atom. The number of rotatable bonds is 6. The van der Waals surface area contributed by atoms with E-state index in [2.05, 4.69) is 28.9 Å². The summed E-state index contributed by atoms with van der Waals surface area (Å²) >= 11 is 0. The molecule has 2 fully saturated rings. The van der Waals surface area contributed by atoms with E-state index in [0.717, 1.165) is 25.7 Å². The van der Waals surface area contributed by atoms with Gasteiger partial charge < -0.3 is 10.2 Å². The molecule has 3 rings (SSSR count). The van der Waals surface area contributed by atoms with Crippen LogP contribution in [0.2, 0.25) is 0 Å². The molecule has 0 aromatic heterocycles. The monoisotopic (exact) mass is 372 g/mol. The number of carbonyl (C=O) groups excluding carboxylic acids is 2. The minimum absolute atomic E-state index is 0.00448. The molecular formula is C23H36N2O2. The van der Waals surface area contributed by atoms with Gasteiger partial charge in [0.15, 0.2) is 0 Å². The molecule has 0 radical (unpaired) electrons. The maximum atomic E-state index is 13.8. The van der Waals surface area contributed by atoms with Gasteiger partial charge in [-0.25, -0.2) is 0 Å². The van der Waals surface area contributed by atoms with Crippen molar-refractivity contribution in [1.29, 1.82) is 0 Å². The highest BCUT2D eigenvalue weighted by Crippen LogP contribution is 2.35. The minimum atomic E-state index is -0.239. The molecule has 2 amide bonds. The molecule has 150 valence electrons. The first-order valence-electron chi connectivity index (χ1n) is 11.1. The highest BCUT2D eigenvalue weighted by atomic mass is 16.2. The zero-order chi connectivity index (χ0) is 19.1. The Hall–Kier alpha value is -1.58. The Balaban J connectivity index is 1.78. The van der Waals surface area contributed by atoms with Crippen LogP contribution in [0, 0.1) is 11.8 Å². The van der Waals surface area contributed by atoms with E-state index in [1.54, 1.807) is 6.08 Å². The van der Waals surface area contributed by atoms with Gasteiger partial charge in [-0.05, 0) is 38.5 Å². The van der Waals surface area contributed by atoms with E-state index in [9.17, 15) is 9.59 Å². The second kappa shape index (κ2) is 10.1. The van der Waals surface area contributed by atoms with Crippen LogP contribution in [0.5, 0.6) is 0 Å². The number of amides is 2. The van der Waals surface area contributed by atoms with Crippen molar-refractivity contribution in [2.24, 2.45) is 11.8 Å². The molecule has 2 atom stereocenters. The zero-order valence-electron chi connectivity index (χ0n) is 16.7. The first-order valence-corrected chi connectivity index (χ1v) is 11.1. The third-order valence-electron chi connectivity index (χ3n) is 6.70. The van der Waals surface area contributed by atoms with Gasteiger partial charge in [0.1, 0.15) is 0 Å². The predicted molar refractivity (Wildman–Crippen MR) is 109 cm³/mol. The zero-order valence-corrected chi connectivity index (χ0v) is 16.7. The predicted octanol–water partition coefficient (Wildman–Crippen LogP) is 4.37. The lowest BCUT2D eigenvalue weighted by Gasteiger charge is -2.44. The molecule has 0 aromatic carbocycles. The van der Waals surface area contributed by atoms with Crippen molar-refractivity contribution in [2.75, 3.05) is 6.54 Å². The second-order valence-electron chi connectivity index (χ2n) is 8.52. The highest BCUT2D eigenvalue weighted by Gasteiger charge is 2.41. The van der Waals surface area contributed by atoms with Crippen molar-refractivity contribution in [1.82, 2.24) is 10.2 Å². The summed E-state index contributed by atoms with van der Waals surface area (Å²) < 4.78 is 0. The normalized spacial score (nSPS) is 27.1. The van der Waals surface area contributed by atoms with E-state index in [4.69, 9.17) is 0 Å². The van der Waals surface area contributed by atoms with Gasteiger partial charge in [0.25, 0.3) is 0 Å². The van der Waals surface area contributed by atoms with Crippen LogP contribution >= 0.6 is 0 Å². The number of carbonyl (C=O) groups is 2. The first-order chi connectivity index (χ1) is 13.2. The summed E-state index contributed by atoms with van der Waals surface area (Å²) in [6, 6.07) is 0.772. The summed E-state index contributed by atoms with van der Waals surface area (Å²) in [5.74, 6) is -0.192. The molecule has 0 saturated heterocycles. The average molecular weight is 373 g/mol. The molecule has 27 heavy (non-hydrogen) atoms. The number of hydrogen-bond acceptors (Lipinski definition) is 2. The largest absolute Gasteiger partial charge is 0.352 e. The van der Waals surface area contributed by atoms with Crippen molar-refractivity contribution in [3.63, 3.8) is 0 Å². The fraction of sp³-hybridized carbons (Fsp3) is 0.739. The topological polar surface area (TPSA) is 49.4 Å². The lowest BCUT2D eigenvalue weighted by Crippen LogP contribution is -2.53. The van der Waals surface area contributed by atoms with E-state index >= 15 is 0 Å². The van der Waals surface area contributed by atoms with Gasteiger partial charge >= 0.3 is 0 Å². The molecule has 0 heterocycles. The second-order valence-corrected chi connectivity index (χ2v) is 8.52. The third kappa shape index (κ3) is 5.03. The highest BCUT2D eigenvalue weighted by molar-refractivity contribution is 5.88. The summed E-state index contributed by atoms with van der Waals surface area (Å²) in [6.45, 7) is 4.15.